The maximum atomic E-state index is 12.4. The van der Waals surface area contributed by atoms with Gasteiger partial charge in [-0.25, -0.2) is 4.79 Å². The molecular weight excluding hydrogens is 374 g/mol. The molecule has 1 aliphatic heterocycles. The molecule has 8 nitrogen and oxygen atoms in total. The SMILES string of the molecule is COc1ccc(OC)c(-n2cc(C(=O)O)c3c2[C@@H](c2ccncc2)CC(=O)N3)c1. The number of nitrogens with zero attached hydrogens (tertiary/aromatic N) is 2. The Morgan fingerprint density at radius 1 is 1.21 bits per heavy atom. The van der Waals surface area contributed by atoms with Crippen molar-refractivity contribution in [3.05, 3.63) is 65.7 Å². The molecule has 0 unspecified atom stereocenters. The molecule has 29 heavy (non-hydrogen) atoms. The Hall–Kier alpha value is -3.81. The highest BCUT2D eigenvalue weighted by molar-refractivity contribution is 6.04. The predicted octanol–water partition coefficient (Wildman–Crippen LogP) is 3.06. The van der Waals surface area contributed by atoms with E-state index >= 15 is 0 Å². The van der Waals surface area contributed by atoms with E-state index in [0.717, 1.165) is 5.56 Å². The maximum Gasteiger partial charge on any atom is 0.339 e. The summed E-state index contributed by atoms with van der Waals surface area (Å²) in [7, 11) is 3.10. The molecule has 1 atom stereocenters. The Kier molecular flexibility index (Phi) is 4.67. The zero-order valence-electron chi connectivity index (χ0n) is 15.9. The molecule has 0 aliphatic carbocycles. The summed E-state index contributed by atoms with van der Waals surface area (Å²) in [5.41, 5.74) is 2.46. The topological polar surface area (TPSA) is 103 Å². The number of rotatable bonds is 5. The number of methoxy groups -OCH3 is 2. The first-order chi connectivity index (χ1) is 14.0. The first-order valence-corrected chi connectivity index (χ1v) is 8.94. The fourth-order valence-corrected chi connectivity index (χ4v) is 3.69. The molecule has 0 radical (unpaired) electrons. The highest BCUT2D eigenvalue weighted by atomic mass is 16.5. The number of amides is 1. The third-order valence-electron chi connectivity index (χ3n) is 5.01. The highest BCUT2D eigenvalue weighted by Crippen LogP contribution is 2.43. The van der Waals surface area contributed by atoms with Crippen LogP contribution in [0.4, 0.5) is 5.69 Å². The summed E-state index contributed by atoms with van der Waals surface area (Å²) >= 11 is 0. The van der Waals surface area contributed by atoms with Crippen LogP contribution in [-0.4, -0.2) is 40.8 Å². The van der Waals surface area contributed by atoms with E-state index in [4.69, 9.17) is 9.47 Å². The Labute approximate surface area is 166 Å². The Bertz CT molecular complexity index is 1090. The van der Waals surface area contributed by atoms with Crippen molar-refractivity contribution in [2.75, 3.05) is 19.5 Å². The lowest BCUT2D eigenvalue weighted by molar-refractivity contribution is -0.116. The van der Waals surface area contributed by atoms with Gasteiger partial charge in [0.15, 0.2) is 0 Å². The summed E-state index contributed by atoms with van der Waals surface area (Å²) in [6.07, 6.45) is 4.99. The molecule has 148 valence electrons. The standard InChI is InChI=1S/C21H19N3O5/c1-28-13-3-4-17(29-2)16(9-13)24-11-15(21(26)27)19-20(24)14(10-18(25)23-19)12-5-7-22-8-6-12/h3-9,11,14H,10H2,1-2H3,(H,23,25)(H,26,27)/t14-/m1/s1. The number of aromatic nitrogens is 2. The average Bonchev–Trinajstić information content (AvgIpc) is 3.12. The van der Waals surface area contributed by atoms with Crippen LogP contribution in [0.15, 0.2) is 48.9 Å². The first-order valence-electron chi connectivity index (χ1n) is 8.94. The van der Waals surface area contributed by atoms with Crippen molar-refractivity contribution in [2.45, 2.75) is 12.3 Å². The van der Waals surface area contributed by atoms with Crippen molar-refractivity contribution in [3.63, 3.8) is 0 Å². The second-order valence-corrected chi connectivity index (χ2v) is 6.60. The number of carbonyl (C=O) groups is 2. The molecule has 1 aromatic carbocycles. The molecule has 8 heteroatoms. The van der Waals surface area contributed by atoms with Crippen LogP contribution in [0.25, 0.3) is 5.69 Å². The number of benzene rings is 1. The van der Waals surface area contributed by atoms with Crippen LogP contribution in [0.3, 0.4) is 0 Å². The molecule has 0 spiro atoms. The van der Waals surface area contributed by atoms with E-state index in [0.29, 0.717) is 28.6 Å². The minimum atomic E-state index is -1.13. The van der Waals surface area contributed by atoms with Crippen LogP contribution in [0, 0.1) is 0 Å². The summed E-state index contributed by atoms with van der Waals surface area (Å²) < 4.78 is 12.6. The molecule has 3 aromatic rings. The van der Waals surface area contributed by atoms with Crippen molar-refractivity contribution in [2.24, 2.45) is 0 Å². The monoisotopic (exact) mass is 393 g/mol. The van der Waals surface area contributed by atoms with E-state index in [9.17, 15) is 14.7 Å². The molecule has 0 saturated carbocycles. The van der Waals surface area contributed by atoms with E-state index in [1.807, 2.05) is 12.1 Å². The lowest BCUT2D eigenvalue weighted by Gasteiger charge is -2.26. The number of carbonyl (C=O) groups excluding carboxylic acids is 1. The van der Waals surface area contributed by atoms with Gasteiger partial charge < -0.3 is 24.5 Å². The predicted molar refractivity (Wildman–Crippen MR) is 105 cm³/mol. The van der Waals surface area contributed by atoms with Crippen LogP contribution in [0.1, 0.15) is 34.0 Å². The van der Waals surface area contributed by atoms with E-state index in [-0.39, 0.29) is 23.8 Å². The minimum Gasteiger partial charge on any atom is -0.497 e. The van der Waals surface area contributed by atoms with E-state index in [1.54, 1.807) is 49.4 Å². The summed E-state index contributed by atoms with van der Waals surface area (Å²) in [6, 6.07) is 8.94. The fraction of sp³-hybridized carbons (Fsp3) is 0.190. The van der Waals surface area contributed by atoms with E-state index in [1.165, 1.54) is 6.20 Å². The Balaban J connectivity index is 2.01. The number of hydrogen-bond acceptors (Lipinski definition) is 5. The van der Waals surface area contributed by atoms with Gasteiger partial charge in [-0.2, -0.15) is 0 Å². The minimum absolute atomic E-state index is 0.0111. The molecule has 0 fully saturated rings. The summed E-state index contributed by atoms with van der Waals surface area (Å²) in [5, 5.41) is 12.5. The van der Waals surface area contributed by atoms with E-state index < -0.39 is 5.97 Å². The van der Waals surface area contributed by atoms with Crippen molar-refractivity contribution in [1.82, 2.24) is 9.55 Å². The number of carboxylic acid groups (broad SMARTS) is 1. The number of aromatic carboxylic acids is 1. The van der Waals surface area contributed by atoms with Crippen LogP contribution < -0.4 is 14.8 Å². The zero-order valence-corrected chi connectivity index (χ0v) is 15.9. The number of ether oxygens (including phenoxy) is 2. The first kappa shape index (κ1) is 18.5. The maximum absolute atomic E-state index is 12.4. The second-order valence-electron chi connectivity index (χ2n) is 6.60. The molecule has 3 heterocycles. The molecule has 2 N–H and O–H groups in total. The summed E-state index contributed by atoms with van der Waals surface area (Å²) in [5.74, 6) is -0.563. The number of anilines is 1. The highest BCUT2D eigenvalue weighted by Gasteiger charge is 2.35. The molecule has 1 amide bonds. The molecule has 0 bridgehead atoms. The van der Waals surface area contributed by atoms with Gasteiger partial charge in [-0.3, -0.25) is 9.78 Å². The van der Waals surface area contributed by atoms with E-state index in [2.05, 4.69) is 10.3 Å². The normalized spacial score (nSPS) is 15.4. The van der Waals surface area contributed by atoms with Gasteiger partial charge in [-0.1, -0.05) is 0 Å². The van der Waals surface area contributed by atoms with Crippen molar-refractivity contribution >= 4 is 17.6 Å². The molecule has 2 aromatic heterocycles. The summed E-state index contributed by atoms with van der Waals surface area (Å²) in [4.78, 5) is 28.3. The van der Waals surface area contributed by atoms with Gasteiger partial charge >= 0.3 is 5.97 Å². The summed E-state index contributed by atoms with van der Waals surface area (Å²) in [6.45, 7) is 0. The Morgan fingerprint density at radius 2 is 1.97 bits per heavy atom. The largest absolute Gasteiger partial charge is 0.497 e. The molecular formula is C21H19N3O5. The number of fused-ring (bicyclic) bond motifs is 1. The van der Waals surface area contributed by atoms with Crippen LogP contribution >= 0.6 is 0 Å². The third-order valence-corrected chi connectivity index (χ3v) is 5.01. The molecule has 1 aliphatic rings. The van der Waals surface area contributed by atoms with Gasteiger partial charge in [-0.05, 0) is 29.8 Å². The van der Waals surface area contributed by atoms with Gasteiger partial charge in [0.25, 0.3) is 0 Å². The van der Waals surface area contributed by atoms with Gasteiger partial charge in [0.05, 0.1) is 31.3 Å². The van der Waals surface area contributed by atoms with Gasteiger partial charge in [0.2, 0.25) is 5.91 Å². The van der Waals surface area contributed by atoms with Gasteiger partial charge in [0, 0.05) is 37.0 Å². The number of hydrogen-bond donors (Lipinski definition) is 2. The second kappa shape index (κ2) is 7.31. The van der Waals surface area contributed by atoms with Crippen LogP contribution in [0.2, 0.25) is 0 Å². The third kappa shape index (κ3) is 3.18. The van der Waals surface area contributed by atoms with Gasteiger partial charge in [0.1, 0.15) is 17.1 Å². The van der Waals surface area contributed by atoms with Crippen molar-refractivity contribution < 1.29 is 24.2 Å². The van der Waals surface area contributed by atoms with Crippen molar-refractivity contribution in [1.29, 1.82) is 0 Å². The van der Waals surface area contributed by atoms with Crippen LogP contribution in [-0.2, 0) is 4.79 Å². The molecule has 4 rings (SSSR count). The van der Waals surface area contributed by atoms with Gasteiger partial charge in [-0.15, -0.1) is 0 Å². The smallest absolute Gasteiger partial charge is 0.339 e. The van der Waals surface area contributed by atoms with Crippen LogP contribution in [0.5, 0.6) is 11.5 Å². The lowest BCUT2D eigenvalue weighted by Crippen LogP contribution is -2.25. The number of nitrogens with one attached hydrogen (secondary N) is 1. The quantitative estimate of drug-likeness (QED) is 0.691. The number of pyridine rings is 1. The Morgan fingerprint density at radius 3 is 2.62 bits per heavy atom. The zero-order chi connectivity index (χ0) is 20.5. The fourth-order valence-electron chi connectivity index (χ4n) is 3.69. The van der Waals surface area contributed by atoms with Crippen molar-refractivity contribution in [3.8, 4) is 17.2 Å². The average molecular weight is 393 g/mol. The number of carboxylic acids is 1. The molecule has 0 saturated heterocycles. The lowest BCUT2D eigenvalue weighted by atomic mass is 9.88.